The highest BCUT2D eigenvalue weighted by molar-refractivity contribution is 9.10. The molecule has 0 radical (unpaired) electrons. The zero-order valence-electron chi connectivity index (χ0n) is 9.98. The SMILES string of the molecule is CC(C)(C)N(C(N)=NC#N)c1ccc(Br)cn1. The highest BCUT2D eigenvalue weighted by atomic mass is 79.9. The molecule has 1 heterocycles. The Balaban J connectivity index is 3.22. The Morgan fingerprint density at radius 1 is 1.53 bits per heavy atom. The predicted molar refractivity (Wildman–Crippen MR) is 71.4 cm³/mol. The number of nitrogens with zero attached hydrogens (tertiary/aromatic N) is 4. The van der Waals surface area contributed by atoms with Crippen LogP contribution in [0.1, 0.15) is 20.8 Å². The van der Waals surface area contributed by atoms with Crippen LogP contribution >= 0.6 is 15.9 Å². The Morgan fingerprint density at radius 3 is 2.59 bits per heavy atom. The van der Waals surface area contributed by atoms with Crippen molar-refractivity contribution in [3.8, 4) is 6.19 Å². The van der Waals surface area contributed by atoms with Crippen LogP contribution in [0, 0.1) is 11.5 Å². The average molecular weight is 296 g/mol. The number of nitriles is 1. The van der Waals surface area contributed by atoms with Crippen molar-refractivity contribution in [2.24, 2.45) is 10.7 Å². The maximum absolute atomic E-state index is 8.57. The molecular formula is C11H14BrN5. The van der Waals surface area contributed by atoms with Gasteiger partial charge in [-0.25, -0.2) is 4.98 Å². The molecule has 0 aromatic carbocycles. The van der Waals surface area contributed by atoms with E-state index in [2.05, 4.69) is 25.9 Å². The van der Waals surface area contributed by atoms with E-state index in [0.717, 1.165) is 4.47 Å². The second-order valence-electron chi connectivity index (χ2n) is 4.41. The summed E-state index contributed by atoms with van der Waals surface area (Å²) in [6, 6.07) is 3.68. The third kappa shape index (κ3) is 3.43. The lowest BCUT2D eigenvalue weighted by molar-refractivity contribution is 0.565. The second kappa shape index (κ2) is 5.15. The summed E-state index contributed by atoms with van der Waals surface area (Å²) in [5.74, 6) is 0.784. The summed E-state index contributed by atoms with van der Waals surface area (Å²) in [4.78, 5) is 9.53. The van der Waals surface area contributed by atoms with E-state index in [0.29, 0.717) is 5.82 Å². The number of pyridine rings is 1. The number of anilines is 1. The Bertz CT molecular complexity index is 452. The fourth-order valence-electron chi connectivity index (χ4n) is 1.41. The van der Waals surface area contributed by atoms with Gasteiger partial charge in [-0.15, -0.1) is 4.99 Å². The predicted octanol–water partition coefficient (Wildman–Crippen LogP) is 2.24. The molecule has 0 amide bonds. The van der Waals surface area contributed by atoms with E-state index in [1.54, 1.807) is 17.3 Å². The number of halogens is 1. The summed E-state index contributed by atoms with van der Waals surface area (Å²) in [5.41, 5.74) is 5.47. The van der Waals surface area contributed by atoms with Crippen LogP contribution in [0.15, 0.2) is 27.8 Å². The summed E-state index contributed by atoms with van der Waals surface area (Å²) >= 11 is 3.32. The van der Waals surface area contributed by atoms with Gasteiger partial charge < -0.3 is 5.73 Å². The van der Waals surface area contributed by atoms with Gasteiger partial charge in [0, 0.05) is 16.2 Å². The quantitative estimate of drug-likeness (QED) is 0.490. The molecule has 0 aliphatic carbocycles. The fourth-order valence-corrected chi connectivity index (χ4v) is 1.64. The summed E-state index contributed by atoms with van der Waals surface area (Å²) in [5, 5.41) is 8.57. The number of hydrogen-bond acceptors (Lipinski definition) is 3. The summed E-state index contributed by atoms with van der Waals surface area (Å²) in [6.45, 7) is 5.91. The Kier molecular flexibility index (Phi) is 4.07. The molecule has 90 valence electrons. The van der Waals surface area contributed by atoms with Crippen LogP contribution in [-0.4, -0.2) is 16.5 Å². The molecule has 0 aliphatic rings. The molecule has 2 N–H and O–H groups in total. The van der Waals surface area contributed by atoms with E-state index in [-0.39, 0.29) is 11.5 Å². The molecule has 1 rings (SSSR count). The normalized spacial score (nSPS) is 12.1. The molecule has 0 unspecified atom stereocenters. The Labute approximate surface area is 109 Å². The largest absolute Gasteiger partial charge is 0.369 e. The first-order chi connectivity index (χ1) is 7.86. The fraction of sp³-hybridized carbons (Fsp3) is 0.364. The molecule has 0 bridgehead atoms. The topological polar surface area (TPSA) is 78.3 Å². The van der Waals surface area contributed by atoms with Crippen LogP contribution in [-0.2, 0) is 0 Å². The zero-order valence-corrected chi connectivity index (χ0v) is 11.6. The first-order valence-corrected chi connectivity index (χ1v) is 5.79. The van der Waals surface area contributed by atoms with Crippen molar-refractivity contribution in [3.63, 3.8) is 0 Å². The number of nitrogens with two attached hydrogens (primary N) is 1. The van der Waals surface area contributed by atoms with Gasteiger partial charge in [-0.05, 0) is 48.8 Å². The molecule has 1 aromatic rings. The maximum Gasteiger partial charge on any atom is 0.213 e. The van der Waals surface area contributed by atoms with Crippen molar-refractivity contribution in [3.05, 3.63) is 22.8 Å². The number of rotatable bonds is 1. The summed E-state index contributed by atoms with van der Waals surface area (Å²) in [7, 11) is 0. The number of aromatic nitrogens is 1. The van der Waals surface area contributed by atoms with E-state index < -0.39 is 0 Å². The van der Waals surface area contributed by atoms with Gasteiger partial charge in [0.25, 0.3) is 0 Å². The Morgan fingerprint density at radius 2 is 2.18 bits per heavy atom. The lowest BCUT2D eigenvalue weighted by Gasteiger charge is -2.35. The molecule has 0 fully saturated rings. The molecule has 5 nitrogen and oxygen atoms in total. The van der Waals surface area contributed by atoms with Crippen LogP contribution < -0.4 is 10.6 Å². The van der Waals surface area contributed by atoms with Crippen molar-refractivity contribution in [2.75, 3.05) is 4.90 Å². The van der Waals surface area contributed by atoms with Gasteiger partial charge in [-0.2, -0.15) is 5.26 Å². The minimum absolute atomic E-state index is 0.134. The second-order valence-corrected chi connectivity index (χ2v) is 5.33. The number of guanidine groups is 1. The highest BCUT2D eigenvalue weighted by Crippen LogP contribution is 2.22. The molecular weight excluding hydrogens is 282 g/mol. The zero-order chi connectivity index (χ0) is 13.1. The van der Waals surface area contributed by atoms with Gasteiger partial charge >= 0.3 is 0 Å². The van der Waals surface area contributed by atoms with Crippen LogP contribution in [0.2, 0.25) is 0 Å². The minimum Gasteiger partial charge on any atom is -0.369 e. The maximum atomic E-state index is 8.57. The van der Waals surface area contributed by atoms with Crippen molar-refractivity contribution < 1.29 is 0 Å². The minimum atomic E-state index is -0.314. The van der Waals surface area contributed by atoms with Crippen LogP contribution in [0.3, 0.4) is 0 Å². The lowest BCUT2D eigenvalue weighted by Crippen LogP contribution is -2.50. The smallest absolute Gasteiger partial charge is 0.213 e. The number of hydrogen-bond donors (Lipinski definition) is 1. The summed E-state index contributed by atoms with van der Waals surface area (Å²) in [6.07, 6.45) is 3.36. The lowest BCUT2D eigenvalue weighted by atomic mass is 10.1. The van der Waals surface area contributed by atoms with Crippen LogP contribution in [0.5, 0.6) is 0 Å². The third-order valence-electron chi connectivity index (χ3n) is 2.01. The van der Waals surface area contributed by atoms with Gasteiger partial charge in [0.15, 0.2) is 0 Å². The van der Waals surface area contributed by atoms with Gasteiger partial charge in [0.2, 0.25) is 12.2 Å². The van der Waals surface area contributed by atoms with Crippen molar-refractivity contribution >= 4 is 27.7 Å². The molecule has 0 atom stereocenters. The van der Waals surface area contributed by atoms with Crippen molar-refractivity contribution in [1.82, 2.24) is 4.98 Å². The van der Waals surface area contributed by atoms with E-state index in [9.17, 15) is 0 Å². The molecule has 0 saturated carbocycles. The standard InChI is InChI=1S/C11H14BrN5/c1-11(2,3)17(10(14)16-7-13)9-5-4-8(12)6-15-9/h4-6H,1-3H3,(H2,14,16). The van der Waals surface area contributed by atoms with E-state index >= 15 is 0 Å². The van der Waals surface area contributed by atoms with Crippen LogP contribution in [0.4, 0.5) is 5.82 Å². The first-order valence-electron chi connectivity index (χ1n) is 5.00. The average Bonchev–Trinajstić information content (AvgIpc) is 2.19. The van der Waals surface area contributed by atoms with E-state index in [1.165, 1.54) is 0 Å². The van der Waals surface area contributed by atoms with Crippen molar-refractivity contribution in [1.29, 1.82) is 5.26 Å². The molecule has 0 spiro atoms. The van der Waals surface area contributed by atoms with Gasteiger partial charge in [0.1, 0.15) is 5.82 Å². The molecule has 17 heavy (non-hydrogen) atoms. The van der Waals surface area contributed by atoms with Gasteiger partial charge in [0.05, 0.1) is 0 Å². The van der Waals surface area contributed by atoms with Gasteiger partial charge in [-0.1, -0.05) is 0 Å². The van der Waals surface area contributed by atoms with Gasteiger partial charge in [-0.3, -0.25) is 4.90 Å². The highest BCUT2D eigenvalue weighted by Gasteiger charge is 2.26. The first kappa shape index (κ1) is 13.5. The van der Waals surface area contributed by atoms with E-state index in [1.807, 2.05) is 32.9 Å². The third-order valence-corrected chi connectivity index (χ3v) is 2.47. The van der Waals surface area contributed by atoms with Crippen LogP contribution in [0.25, 0.3) is 0 Å². The number of aliphatic imine (C=N–C) groups is 1. The van der Waals surface area contributed by atoms with Crippen molar-refractivity contribution in [2.45, 2.75) is 26.3 Å². The van der Waals surface area contributed by atoms with E-state index in [4.69, 9.17) is 11.0 Å². The summed E-state index contributed by atoms with van der Waals surface area (Å²) < 4.78 is 0.880. The molecule has 0 aliphatic heterocycles. The Hall–Kier alpha value is -1.61. The molecule has 6 heteroatoms. The molecule has 1 aromatic heterocycles. The molecule has 0 saturated heterocycles. The monoisotopic (exact) mass is 295 g/mol.